The minimum Gasteiger partial charge on any atom is -0.395 e. The van der Waals surface area contributed by atoms with E-state index in [1.54, 1.807) is 45.9 Å². The van der Waals surface area contributed by atoms with Crippen LogP contribution in [0.3, 0.4) is 0 Å². The van der Waals surface area contributed by atoms with Gasteiger partial charge >= 0.3 is 7.60 Å². The molecular weight excluding hydrogens is 557 g/mol. The van der Waals surface area contributed by atoms with Gasteiger partial charge in [0, 0.05) is 16.2 Å². The predicted octanol–water partition coefficient (Wildman–Crippen LogP) is 4.28. The maximum absolute atomic E-state index is 13.6. The number of aliphatic hydroxyl groups is 2. The van der Waals surface area contributed by atoms with Gasteiger partial charge in [0.25, 0.3) is 5.91 Å². The van der Waals surface area contributed by atoms with E-state index in [0.29, 0.717) is 10.4 Å². The second-order valence-corrected chi connectivity index (χ2v) is 14.9. The predicted molar refractivity (Wildman–Crippen MR) is 150 cm³/mol. The van der Waals surface area contributed by atoms with Gasteiger partial charge in [-0.25, -0.2) is 0 Å². The summed E-state index contributed by atoms with van der Waals surface area (Å²) in [7, 11) is -3.68. The van der Waals surface area contributed by atoms with Crippen LogP contribution in [0.15, 0.2) is 24.3 Å². The molecule has 0 atom stereocenters. The van der Waals surface area contributed by atoms with Crippen molar-refractivity contribution < 1.29 is 38.2 Å². The van der Waals surface area contributed by atoms with Gasteiger partial charge in [-0.15, -0.1) is 11.3 Å². The topological polar surface area (TPSA) is 153 Å². The third-order valence-corrected chi connectivity index (χ3v) is 10.7. The highest BCUT2D eigenvalue weighted by atomic mass is 32.2. The van der Waals surface area contributed by atoms with Crippen LogP contribution in [0.1, 0.15) is 42.9 Å². The van der Waals surface area contributed by atoms with Crippen LogP contribution >= 0.6 is 42.5 Å². The molecule has 9 nitrogen and oxygen atoms in total. The van der Waals surface area contributed by atoms with E-state index in [9.17, 15) is 29.2 Å². The summed E-state index contributed by atoms with van der Waals surface area (Å²) >= 11 is 3.24. The summed E-state index contributed by atoms with van der Waals surface area (Å²) < 4.78 is 25.8. The highest BCUT2D eigenvalue weighted by molar-refractivity contribution is 8.14. The Morgan fingerprint density at radius 1 is 0.946 bits per heavy atom. The van der Waals surface area contributed by atoms with Gasteiger partial charge in [-0.1, -0.05) is 29.6 Å². The molecule has 1 aromatic carbocycles. The van der Waals surface area contributed by atoms with Crippen molar-refractivity contribution in [3.63, 3.8) is 0 Å². The number of nitrogens with two attached hydrogens (primary N) is 1. The zero-order valence-corrected chi connectivity index (χ0v) is 24.7. The average molecular weight is 592 g/mol. The van der Waals surface area contributed by atoms with Crippen molar-refractivity contribution in [3.8, 4) is 0 Å². The third kappa shape index (κ3) is 9.47. The first kappa shape index (κ1) is 32.0. The molecule has 0 aliphatic carbocycles. The highest BCUT2D eigenvalue weighted by Gasteiger charge is 2.30. The summed E-state index contributed by atoms with van der Waals surface area (Å²) in [5.41, 5.74) is 4.26. The van der Waals surface area contributed by atoms with Crippen LogP contribution in [0.25, 0.3) is 10.1 Å². The standard InChI is InChI=1S/C24H34NO8PS3/c1-23(2,14-26)21(29)35-9-7-32-34(31,33-8-10-36-22(30)24(3,4)15-27)13-16-5-6-18-17(11-16)12-19(37-18)20(25)28/h5-6,11-12,26-27H,7-10,13-15H2,1-4H3,(H2,25,28). The van der Waals surface area contributed by atoms with Gasteiger partial charge in [0.05, 0.1) is 48.3 Å². The number of thiophene rings is 1. The Morgan fingerprint density at radius 3 is 1.92 bits per heavy atom. The van der Waals surface area contributed by atoms with Crippen LogP contribution in [0, 0.1) is 10.8 Å². The van der Waals surface area contributed by atoms with Crippen molar-refractivity contribution >= 4 is 68.7 Å². The zero-order chi connectivity index (χ0) is 27.9. The number of benzene rings is 1. The molecule has 2 aromatic rings. The van der Waals surface area contributed by atoms with E-state index >= 15 is 0 Å². The molecule has 0 bridgehead atoms. The molecule has 0 saturated heterocycles. The molecule has 1 heterocycles. The summed E-state index contributed by atoms with van der Waals surface area (Å²) in [5, 5.41) is 19.1. The molecule has 4 N–H and O–H groups in total. The van der Waals surface area contributed by atoms with Crippen molar-refractivity contribution in [3.05, 3.63) is 34.7 Å². The fourth-order valence-corrected chi connectivity index (χ4v) is 7.20. The van der Waals surface area contributed by atoms with Gasteiger partial charge in [0.2, 0.25) is 0 Å². The van der Waals surface area contributed by atoms with E-state index in [1.165, 1.54) is 11.3 Å². The second kappa shape index (κ2) is 13.7. The van der Waals surface area contributed by atoms with Gasteiger partial charge in [-0.2, -0.15) is 0 Å². The Labute approximate surface area is 229 Å². The number of hydrogen-bond acceptors (Lipinski definition) is 11. The zero-order valence-electron chi connectivity index (χ0n) is 21.4. The first-order valence-corrected chi connectivity index (χ1v) is 16.0. The maximum atomic E-state index is 13.6. The number of amides is 1. The molecule has 206 valence electrons. The van der Waals surface area contributed by atoms with Crippen molar-refractivity contribution in [2.75, 3.05) is 37.9 Å². The molecule has 0 aliphatic rings. The monoisotopic (exact) mass is 591 g/mol. The number of carbonyl (C=O) groups is 3. The molecule has 0 fully saturated rings. The largest absolute Gasteiger partial charge is 0.395 e. The number of thioether (sulfide) groups is 2. The summed E-state index contributed by atoms with van der Waals surface area (Å²) in [4.78, 5) is 36.4. The molecule has 0 radical (unpaired) electrons. The highest BCUT2D eigenvalue weighted by Crippen LogP contribution is 2.52. The molecule has 1 aromatic heterocycles. The van der Waals surface area contributed by atoms with E-state index in [2.05, 4.69) is 0 Å². The third-order valence-electron chi connectivity index (χ3n) is 5.30. The second-order valence-electron chi connectivity index (χ2n) is 9.64. The normalized spacial score (nSPS) is 12.7. The van der Waals surface area contributed by atoms with Crippen LogP contribution in [0.2, 0.25) is 0 Å². The molecular formula is C24H34NO8PS3. The van der Waals surface area contributed by atoms with Crippen LogP contribution in [0.4, 0.5) is 0 Å². The smallest absolute Gasteiger partial charge is 0.335 e. The maximum Gasteiger partial charge on any atom is 0.335 e. The minimum atomic E-state index is -3.68. The lowest BCUT2D eigenvalue weighted by atomic mass is 9.97. The molecule has 2 rings (SSSR count). The summed E-state index contributed by atoms with van der Waals surface area (Å²) in [6.45, 7) is 5.94. The fourth-order valence-electron chi connectivity index (χ4n) is 2.81. The van der Waals surface area contributed by atoms with Crippen LogP contribution in [-0.2, 0) is 29.4 Å². The van der Waals surface area contributed by atoms with Crippen molar-refractivity contribution in [2.45, 2.75) is 33.9 Å². The Balaban J connectivity index is 2.08. The lowest BCUT2D eigenvalue weighted by molar-refractivity contribution is -0.120. The van der Waals surface area contributed by atoms with E-state index in [1.807, 2.05) is 6.07 Å². The minimum absolute atomic E-state index is 0.0225. The van der Waals surface area contributed by atoms with Crippen molar-refractivity contribution in [1.29, 1.82) is 0 Å². The van der Waals surface area contributed by atoms with Crippen molar-refractivity contribution in [2.24, 2.45) is 16.6 Å². The van der Waals surface area contributed by atoms with Gasteiger partial charge in [0.15, 0.2) is 10.2 Å². The lowest BCUT2D eigenvalue weighted by Gasteiger charge is -2.21. The lowest BCUT2D eigenvalue weighted by Crippen LogP contribution is -2.26. The number of aliphatic hydroxyl groups excluding tert-OH is 2. The van der Waals surface area contributed by atoms with Gasteiger partial charge in [-0.05, 0) is 56.8 Å². The van der Waals surface area contributed by atoms with E-state index in [4.69, 9.17) is 14.8 Å². The van der Waals surface area contributed by atoms with E-state index in [-0.39, 0.29) is 54.3 Å². The van der Waals surface area contributed by atoms with Gasteiger partial charge < -0.3 is 25.0 Å². The number of fused-ring (bicyclic) bond motifs is 1. The Hall–Kier alpha value is -1.24. The first-order chi connectivity index (χ1) is 17.2. The summed E-state index contributed by atoms with van der Waals surface area (Å²) in [6.07, 6.45) is -0.0494. The van der Waals surface area contributed by atoms with Crippen molar-refractivity contribution in [1.82, 2.24) is 0 Å². The van der Waals surface area contributed by atoms with Crippen LogP contribution in [0.5, 0.6) is 0 Å². The Kier molecular flexibility index (Phi) is 11.8. The Morgan fingerprint density at radius 2 is 1.46 bits per heavy atom. The number of hydrogen-bond donors (Lipinski definition) is 3. The first-order valence-electron chi connectivity index (χ1n) is 11.5. The molecule has 0 aliphatic heterocycles. The van der Waals surface area contributed by atoms with E-state index in [0.717, 1.165) is 33.6 Å². The number of carbonyl (C=O) groups excluding carboxylic acids is 3. The Bertz CT molecular complexity index is 1120. The number of rotatable bonds is 15. The SMILES string of the molecule is CC(C)(CO)C(=O)SCCOP(=O)(Cc1ccc2sc(C(N)=O)cc2c1)OCCSC(=O)C(C)(C)CO. The molecule has 37 heavy (non-hydrogen) atoms. The number of primary amides is 1. The molecule has 0 spiro atoms. The molecule has 1 amide bonds. The molecule has 0 saturated carbocycles. The quantitative estimate of drug-likeness (QED) is 0.202. The summed E-state index contributed by atoms with van der Waals surface area (Å²) in [6, 6.07) is 7.05. The van der Waals surface area contributed by atoms with E-state index < -0.39 is 24.3 Å². The average Bonchev–Trinajstić information content (AvgIpc) is 3.28. The summed E-state index contributed by atoms with van der Waals surface area (Å²) in [5.74, 6) is -0.0778. The molecule has 0 unspecified atom stereocenters. The molecule has 13 heteroatoms. The van der Waals surface area contributed by atoms with Crippen LogP contribution < -0.4 is 5.73 Å². The van der Waals surface area contributed by atoms with Gasteiger partial charge in [0.1, 0.15) is 0 Å². The van der Waals surface area contributed by atoms with Crippen LogP contribution in [-0.4, -0.2) is 64.3 Å². The van der Waals surface area contributed by atoms with Gasteiger partial charge in [-0.3, -0.25) is 18.9 Å². The fraction of sp³-hybridized carbons (Fsp3) is 0.542.